The minimum Gasteiger partial charge on any atom is -0.369 e. The molecule has 0 spiro atoms. The number of nitrogens with one attached hydrogen (secondary N) is 2. The Bertz CT molecular complexity index is 1200. The van der Waals surface area contributed by atoms with Crippen LogP contribution < -0.4 is 10.2 Å². The lowest BCUT2D eigenvalue weighted by atomic mass is 10.1. The van der Waals surface area contributed by atoms with Crippen LogP contribution in [0.2, 0.25) is 0 Å². The van der Waals surface area contributed by atoms with Crippen LogP contribution >= 0.6 is 0 Å². The number of H-pyrrole nitrogens is 1. The molecule has 0 atom stereocenters. The van der Waals surface area contributed by atoms with Crippen LogP contribution in [0.3, 0.4) is 0 Å². The summed E-state index contributed by atoms with van der Waals surface area (Å²) < 4.78 is 14.3. The minimum absolute atomic E-state index is 0.318. The van der Waals surface area contributed by atoms with E-state index in [2.05, 4.69) is 42.4 Å². The summed E-state index contributed by atoms with van der Waals surface area (Å²) in [6.45, 7) is 4.03. The van der Waals surface area contributed by atoms with Gasteiger partial charge in [0.2, 0.25) is 0 Å². The maximum atomic E-state index is 14.3. The summed E-state index contributed by atoms with van der Waals surface area (Å²) in [5.41, 5.74) is 3.05. The largest absolute Gasteiger partial charge is 0.369 e. The van der Waals surface area contributed by atoms with Crippen molar-refractivity contribution in [2.45, 2.75) is 0 Å². The van der Waals surface area contributed by atoms with Crippen LogP contribution in [0.4, 0.5) is 21.6 Å². The number of hydrogen-bond acceptors (Lipinski definition) is 6. The highest BCUT2D eigenvalue weighted by Gasteiger charge is 2.17. The second-order valence-corrected chi connectivity index (χ2v) is 7.38. The molecule has 152 valence electrons. The summed E-state index contributed by atoms with van der Waals surface area (Å²) in [4.78, 5) is 19.6. The molecule has 7 nitrogen and oxygen atoms in total. The molecule has 3 heterocycles. The lowest BCUT2D eigenvalue weighted by Gasteiger charge is -2.35. The maximum Gasteiger partial charge on any atom is 0.157 e. The highest BCUT2D eigenvalue weighted by molar-refractivity contribution is 6.08. The van der Waals surface area contributed by atoms with Crippen molar-refractivity contribution in [2.75, 3.05) is 42.9 Å². The Kier molecular flexibility index (Phi) is 4.76. The number of fused-ring (bicyclic) bond motifs is 3. The summed E-state index contributed by atoms with van der Waals surface area (Å²) in [7, 11) is 0. The zero-order chi connectivity index (χ0) is 20.5. The van der Waals surface area contributed by atoms with Gasteiger partial charge in [-0.3, -0.25) is 10.00 Å². The molecule has 0 aliphatic carbocycles. The number of aromatic nitrogens is 3. The van der Waals surface area contributed by atoms with Crippen LogP contribution in [0, 0.1) is 5.82 Å². The first-order valence-electron chi connectivity index (χ1n) is 9.92. The predicted molar refractivity (Wildman–Crippen MR) is 116 cm³/mol. The monoisotopic (exact) mass is 404 g/mol. The number of anilines is 3. The van der Waals surface area contributed by atoms with Crippen molar-refractivity contribution in [1.82, 2.24) is 20.1 Å². The average Bonchev–Trinajstić information content (AvgIpc) is 3.27. The molecule has 2 aromatic carbocycles. The third kappa shape index (κ3) is 3.35. The van der Waals surface area contributed by atoms with Crippen LogP contribution in [0.1, 0.15) is 0 Å². The van der Waals surface area contributed by atoms with Crippen LogP contribution in [0.15, 0.2) is 48.7 Å². The molecule has 0 amide bonds. The number of aldehydes is 1. The van der Waals surface area contributed by atoms with Crippen molar-refractivity contribution in [3.63, 3.8) is 0 Å². The second-order valence-electron chi connectivity index (χ2n) is 7.38. The van der Waals surface area contributed by atoms with Crippen molar-refractivity contribution < 1.29 is 9.18 Å². The van der Waals surface area contributed by atoms with Gasteiger partial charge in [0, 0.05) is 48.3 Å². The van der Waals surface area contributed by atoms with E-state index in [1.54, 1.807) is 12.3 Å². The van der Waals surface area contributed by atoms with Crippen LogP contribution in [-0.2, 0) is 4.79 Å². The van der Waals surface area contributed by atoms with Gasteiger partial charge in [-0.1, -0.05) is 12.1 Å². The summed E-state index contributed by atoms with van der Waals surface area (Å²) in [5.74, 6) is 0.179. The Balaban J connectivity index is 1.39. The van der Waals surface area contributed by atoms with Gasteiger partial charge < -0.3 is 15.0 Å². The fraction of sp³-hybridized carbons (Fsp3) is 0.227. The number of carbonyl (C=O) groups excluding carboxylic acids is 1. The Morgan fingerprint density at radius 1 is 1.07 bits per heavy atom. The SMILES string of the molecule is O=CCN1CCN(c2ccc(Nc3nc4c(F)cccc4c4cn[nH]c34)cc2)CC1. The molecule has 1 aliphatic heterocycles. The van der Waals surface area contributed by atoms with Gasteiger partial charge in [-0.15, -0.1) is 0 Å². The molecule has 0 saturated carbocycles. The van der Waals surface area contributed by atoms with E-state index in [1.165, 1.54) is 6.07 Å². The van der Waals surface area contributed by atoms with Crippen molar-refractivity contribution in [3.05, 3.63) is 54.5 Å². The van der Waals surface area contributed by atoms with E-state index in [9.17, 15) is 9.18 Å². The Hall–Kier alpha value is -3.52. The third-order valence-corrected chi connectivity index (χ3v) is 5.58. The molecule has 1 aliphatic rings. The third-order valence-electron chi connectivity index (χ3n) is 5.58. The van der Waals surface area contributed by atoms with Gasteiger partial charge in [-0.05, 0) is 30.3 Å². The first-order chi connectivity index (χ1) is 14.7. The van der Waals surface area contributed by atoms with Gasteiger partial charge in [0.15, 0.2) is 5.82 Å². The number of rotatable bonds is 5. The van der Waals surface area contributed by atoms with E-state index in [4.69, 9.17) is 0 Å². The molecule has 0 radical (unpaired) electrons. The first kappa shape index (κ1) is 18.5. The van der Waals surface area contributed by atoms with E-state index in [0.29, 0.717) is 17.9 Å². The Labute approximate surface area is 172 Å². The van der Waals surface area contributed by atoms with Gasteiger partial charge in [0.25, 0.3) is 0 Å². The van der Waals surface area contributed by atoms with E-state index in [-0.39, 0.29) is 5.82 Å². The molecule has 5 rings (SSSR count). The van der Waals surface area contributed by atoms with Crippen molar-refractivity contribution in [2.24, 2.45) is 0 Å². The van der Waals surface area contributed by atoms with Crippen LogP contribution in [0.25, 0.3) is 21.8 Å². The standard InChI is InChI=1S/C22H21FN6O/c23-19-3-1-2-17-18-14-24-27-21(18)22(26-20(17)19)25-15-4-6-16(7-5-15)29-10-8-28(9-11-29)12-13-30/h1-7,13-14H,8-12H2,(H,24,27)(H,25,26). The molecule has 0 bridgehead atoms. The average molecular weight is 404 g/mol. The number of benzene rings is 2. The minimum atomic E-state index is -0.359. The number of aromatic amines is 1. The molecule has 30 heavy (non-hydrogen) atoms. The predicted octanol–water partition coefficient (Wildman–Crippen LogP) is 3.31. The zero-order valence-corrected chi connectivity index (χ0v) is 16.3. The lowest BCUT2D eigenvalue weighted by Crippen LogP contribution is -2.46. The molecule has 4 aromatic rings. The van der Waals surface area contributed by atoms with Gasteiger partial charge in [0.1, 0.15) is 23.1 Å². The van der Waals surface area contributed by atoms with Gasteiger partial charge in [0.05, 0.1) is 12.7 Å². The molecular weight excluding hydrogens is 383 g/mol. The highest BCUT2D eigenvalue weighted by Crippen LogP contribution is 2.31. The lowest BCUT2D eigenvalue weighted by molar-refractivity contribution is -0.108. The summed E-state index contributed by atoms with van der Waals surface area (Å²) in [6, 6.07) is 13.0. The number of piperazine rings is 1. The van der Waals surface area contributed by atoms with E-state index < -0.39 is 0 Å². The molecular formula is C22H21FN6O. The second kappa shape index (κ2) is 7.72. The number of nitrogens with zero attached hydrogens (tertiary/aromatic N) is 4. The Morgan fingerprint density at radius 2 is 1.87 bits per heavy atom. The van der Waals surface area contributed by atoms with E-state index in [0.717, 1.165) is 60.1 Å². The topological polar surface area (TPSA) is 77.2 Å². The maximum absolute atomic E-state index is 14.3. The summed E-state index contributed by atoms with van der Waals surface area (Å²) in [6.07, 6.45) is 2.65. The van der Waals surface area contributed by atoms with Gasteiger partial charge in [-0.25, -0.2) is 9.37 Å². The number of para-hydroxylation sites is 1. The summed E-state index contributed by atoms with van der Waals surface area (Å²) in [5, 5.41) is 11.9. The van der Waals surface area contributed by atoms with Crippen molar-refractivity contribution in [1.29, 1.82) is 0 Å². The molecule has 1 fully saturated rings. The fourth-order valence-electron chi connectivity index (χ4n) is 3.96. The molecule has 0 unspecified atom stereocenters. The fourth-order valence-corrected chi connectivity index (χ4v) is 3.96. The zero-order valence-electron chi connectivity index (χ0n) is 16.3. The number of pyridine rings is 1. The van der Waals surface area contributed by atoms with Crippen LogP contribution in [0.5, 0.6) is 0 Å². The van der Waals surface area contributed by atoms with Gasteiger partial charge >= 0.3 is 0 Å². The number of halogens is 1. The normalized spacial score (nSPS) is 15.0. The van der Waals surface area contributed by atoms with Gasteiger partial charge in [-0.2, -0.15) is 5.10 Å². The van der Waals surface area contributed by atoms with Crippen molar-refractivity contribution >= 4 is 45.3 Å². The van der Waals surface area contributed by atoms with E-state index >= 15 is 0 Å². The number of carbonyl (C=O) groups is 1. The number of hydrogen-bond donors (Lipinski definition) is 2. The first-order valence-corrected chi connectivity index (χ1v) is 9.92. The molecule has 1 saturated heterocycles. The van der Waals surface area contributed by atoms with Crippen molar-refractivity contribution in [3.8, 4) is 0 Å². The Morgan fingerprint density at radius 3 is 2.63 bits per heavy atom. The quantitative estimate of drug-likeness (QED) is 0.497. The summed E-state index contributed by atoms with van der Waals surface area (Å²) >= 11 is 0. The smallest absolute Gasteiger partial charge is 0.157 e. The van der Waals surface area contributed by atoms with Crippen LogP contribution in [-0.4, -0.2) is 59.1 Å². The van der Waals surface area contributed by atoms with E-state index in [1.807, 2.05) is 18.2 Å². The molecule has 2 aromatic heterocycles. The molecule has 2 N–H and O–H groups in total. The molecule has 8 heteroatoms. The highest BCUT2D eigenvalue weighted by atomic mass is 19.1.